The Kier molecular flexibility index (Phi) is 3.69. The van der Waals surface area contributed by atoms with E-state index in [9.17, 15) is 5.11 Å². The second-order valence-electron chi connectivity index (χ2n) is 4.79. The number of para-hydroxylation sites is 1. The summed E-state index contributed by atoms with van der Waals surface area (Å²) in [6.45, 7) is -0.109. The van der Waals surface area contributed by atoms with Gasteiger partial charge in [-0.15, -0.1) is 0 Å². The summed E-state index contributed by atoms with van der Waals surface area (Å²) < 4.78 is 11.7. The molecule has 0 saturated carbocycles. The number of nitrogens with two attached hydrogens (primary N) is 1. The highest BCUT2D eigenvalue weighted by atomic mass is 16.7. The first-order chi connectivity index (χ1) is 9.79. The zero-order chi connectivity index (χ0) is 13.9. The summed E-state index contributed by atoms with van der Waals surface area (Å²) in [6.07, 6.45) is -1.24. The fourth-order valence-corrected chi connectivity index (χ4v) is 2.43. The largest absolute Gasteiger partial charge is 0.398 e. The van der Waals surface area contributed by atoms with E-state index in [2.05, 4.69) is 0 Å². The molecule has 1 heterocycles. The summed E-state index contributed by atoms with van der Waals surface area (Å²) in [5, 5.41) is 9.51. The predicted molar refractivity (Wildman–Crippen MR) is 75.8 cm³/mol. The van der Waals surface area contributed by atoms with Gasteiger partial charge in [0.15, 0.2) is 6.29 Å². The van der Waals surface area contributed by atoms with Crippen molar-refractivity contribution in [3.8, 4) is 0 Å². The molecular formula is C16H17NO3. The molecule has 4 heteroatoms. The maximum Gasteiger partial charge on any atom is 0.185 e. The highest BCUT2D eigenvalue weighted by molar-refractivity contribution is 5.48. The predicted octanol–water partition coefficient (Wildman–Crippen LogP) is 2.42. The van der Waals surface area contributed by atoms with Crippen LogP contribution in [0.1, 0.15) is 23.5 Å². The van der Waals surface area contributed by atoms with Crippen LogP contribution < -0.4 is 5.73 Å². The minimum absolute atomic E-state index is 0.109. The van der Waals surface area contributed by atoms with Crippen LogP contribution in [-0.2, 0) is 9.47 Å². The van der Waals surface area contributed by atoms with E-state index in [1.807, 2.05) is 54.6 Å². The molecule has 3 rings (SSSR count). The number of nitrogen functional groups attached to an aromatic ring is 1. The number of hydrogen-bond donors (Lipinski definition) is 2. The van der Waals surface area contributed by atoms with Crippen molar-refractivity contribution in [3.63, 3.8) is 0 Å². The lowest BCUT2D eigenvalue weighted by Crippen LogP contribution is -2.20. The Morgan fingerprint density at radius 1 is 0.950 bits per heavy atom. The van der Waals surface area contributed by atoms with E-state index in [0.29, 0.717) is 5.69 Å². The average molecular weight is 271 g/mol. The molecule has 0 spiro atoms. The van der Waals surface area contributed by atoms with Gasteiger partial charge in [-0.05, 0) is 6.07 Å². The second-order valence-corrected chi connectivity index (χ2v) is 4.79. The molecule has 0 radical (unpaired) electrons. The van der Waals surface area contributed by atoms with Crippen LogP contribution in [0.15, 0.2) is 54.6 Å². The molecule has 1 saturated heterocycles. The summed E-state index contributed by atoms with van der Waals surface area (Å²) in [5.74, 6) is 0. The molecule has 20 heavy (non-hydrogen) atoms. The van der Waals surface area contributed by atoms with Crippen molar-refractivity contribution >= 4 is 5.69 Å². The Morgan fingerprint density at radius 2 is 1.65 bits per heavy atom. The van der Waals surface area contributed by atoms with Crippen LogP contribution in [0, 0.1) is 0 Å². The first kappa shape index (κ1) is 13.1. The maximum atomic E-state index is 9.51. The third kappa shape index (κ3) is 2.41. The summed E-state index contributed by atoms with van der Waals surface area (Å²) in [6, 6.07) is 17.2. The number of aliphatic hydroxyl groups excluding tert-OH is 1. The van der Waals surface area contributed by atoms with Crippen LogP contribution >= 0.6 is 0 Å². The summed E-state index contributed by atoms with van der Waals surface area (Å²) in [7, 11) is 0. The van der Waals surface area contributed by atoms with E-state index in [1.54, 1.807) is 0 Å². The molecule has 1 aliphatic heterocycles. The first-order valence-corrected chi connectivity index (χ1v) is 6.60. The van der Waals surface area contributed by atoms with Gasteiger partial charge in [0, 0.05) is 16.8 Å². The highest BCUT2D eigenvalue weighted by Crippen LogP contribution is 2.41. The number of benzene rings is 2. The molecule has 2 aromatic carbocycles. The van der Waals surface area contributed by atoms with Crippen LogP contribution in [0.2, 0.25) is 0 Å². The normalized spacial score (nSPS) is 25.8. The maximum absolute atomic E-state index is 9.51. The van der Waals surface area contributed by atoms with E-state index in [-0.39, 0.29) is 12.7 Å². The SMILES string of the molecule is Nc1ccccc1[C@@H]1OC(c2ccccc2)O[C@H]1CO. The van der Waals surface area contributed by atoms with Gasteiger partial charge in [-0.1, -0.05) is 48.5 Å². The fourth-order valence-electron chi connectivity index (χ4n) is 2.43. The monoisotopic (exact) mass is 271 g/mol. The van der Waals surface area contributed by atoms with Gasteiger partial charge in [0.2, 0.25) is 0 Å². The van der Waals surface area contributed by atoms with E-state index in [1.165, 1.54) is 0 Å². The summed E-state index contributed by atoms with van der Waals surface area (Å²) in [4.78, 5) is 0. The van der Waals surface area contributed by atoms with Crippen molar-refractivity contribution in [2.75, 3.05) is 12.3 Å². The minimum atomic E-state index is -0.474. The highest BCUT2D eigenvalue weighted by Gasteiger charge is 2.38. The van der Waals surface area contributed by atoms with Gasteiger partial charge in [0.1, 0.15) is 12.2 Å². The Balaban J connectivity index is 1.87. The lowest BCUT2D eigenvalue weighted by molar-refractivity contribution is -0.0739. The molecule has 3 N–H and O–H groups in total. The summed E-state index contributed by atoms with van der Waals surface area (Å²) >= 11 is 0. The second kappa shape index (κ2) is 5.63. The zero-order valence-corrected chi connectivity index (χ0v) is 11.0. The minimum Gasteiger partial charge on any atom is -0.398 e. The molecule has 0 bridgehead atoms. The van der Waals surface area contributed by atoms with Gasteiger partial charge in [-0.2, -0.15) is 0 Å². The topological polar surface area (TPSA) is 64.7 Å². The Hall–Kier alpha value is -1.88. The fraction of sp³-hybridized carbons (Fsp3) is 0.250. The lowest BCUT2D eigenvalue weighted by atomic mass is 10.0. The zero-order valence-electron chi connectivity index (χ0n) is 11.0. The van der Waals surface area contributed by atoms with E-state index < -0.39 is 12.4 Å². The molecule has 4 nitrogen and oxygen atoms in total. The van der Waals surface area contributed by atoms with Crippen LogP contribution in [0.25, 0.3) is 0 Å². The van der Waals surface area contributed by atoms with Crippen molar-refractivity contribution < 1.29 is 14.6 Å². The molecular weight excluding hydrogens is 254 g/mol. The van der Waals surface area contributed by atoms with Gasteiger partial charge in [-0.25, -0.2) is 0 Å². The van der Waals surface area contributed by atoms with Gasteiger partial charge < -0.3 is 20.3 Å². The van der Waals surface area contributed by atoms with E-state index >= 15 is 0 Å². The van der Waals surface area contributed by atoms with Crippen molar-refractivity contribution in [1.82, 2.24) is 0 Å². The van der Waals surface area contributed by atoms with Crippen LogP contribution in [0.5, 0.6) is 0 Å². The molecule has 1 fully saturated rings. The van der Waals surface area contributed by atoms with Crippen LogP contribution in [0.4, 0.5) is 5.69 Å². The van der Waals surface area contributed by atoms with Gasteiger partial charge >= 0.3 is 0 Å². The van der Waals surface area contributed by atoms with Gasteiger partial charge in [0.05, 0.1) is 6.61 Å². The Morgan fingerprint density at radius 3 is 2.35 bits per heavy atom. The van der Waals surface area contributed by atoms with E-state index in [0.717, 1.165) is 11.1 Å². The molecule has 1 aliphatic rings. The number of anilines is 1. The first-order valence-electron chi connectivity index (χ1n) is 6.60. The quantitative estimate of drug-likeness (QED) is 0.841. The molecule has 0 aliphatic carbocycles. The number of rotatable bonds is 3. The lowest BCUT2D eigenvalue weighted by Gasteiger charge is -2.16. The van der Waals surface area contributed by atoms with Gasteiger partial charge in [-0.3, -0.25) is 0 Å². The summed E-state index contributed by atoms with van der Waals surface area (Å²) in [5.41, 5.74) is 8.42. The molecule has 104 valence electrons. The van der Waals surface area contributed by atoms with E-state index in [4.69, 9.17) is 15.2 Å². The van der Waals surface area contributed by atoms with Crippen LogP contribution in [-0.4, -0.2) is 17.8 Å². The van der Waals surface area contributed by atoms with Crippen molar-refractivity contribution in [2.24, 2.45) is 0 Å². The Labute approximate surface area is 117 Å². The third-order valence-electron chi connectivity index (χ3n) is 3.46. The van der Waals surface area contributed by atoms with Gasteiger partial charge in [0.25, 0.3) is 0 Å². The molecule has 2 aromatic rings. The number of ether oxygens (including phenoxy) is 2. The third-order valence-corrected chi connectivity index (χ3v) is 3.46. The smallest absolute Gasteiger partial charge is 0.185 e. The van der Waals surface area contributed by atoms with Crippen molar-refractivity contribution in [3.05, 3.63) is 65.7 Å². The molecule has 0 aromatic heterocycles. The molecule has 3 atom stereocenters. The number of hydrogen-bond acceptors (Lipinski definition) is 4. The van der Waals surface area contributed by atoms with Crippen LogP contribution in [0.3, 0.4) is 0 Å². The van der Waals surface area contributed by atoms with Crippen molar-refractivity contribution in [1.29, 1.82) is 0 Å². The average Bonchev–Trinajstić information content (AvgIpc) is 2.93. The standard InChI is InChI=1S/C16H17NO3/c17-13-9-5-4-8-12(13)15-14(10-18)19-16(20-15)11-6-2-1-3-7-11/h1-9,14-16,18H,10,17H2/t14-,15-,16?/m0/s1. The Bertz CT molecular complexity index is 573. The van der Waals surface area contributed by atoms with Crippen molar-refractivity contribution in [2.45, 2.75) is 18.5 Å². The molecule has 1 unspecified atom stereocenters. The molecule has 0 amide bonds. The number of aliphatic hydroxyl groups is 1.